The van der Waals surface area contributed by atoms with Crippen molar-refractivity contribution >= 4 is 11.8 Å². The Bertz CT molecular complexity index is 384. The second-order valence-electron chi connectivity index (χ2n) is 5.59. The first-order chi connectivity index (χ1) is 9.83. The van der Waals surface area contributed by atoms with Gasteiger partial charge in [-0.05, 0) is 54.6 Å². The smallest absolute Gasteiger partial charge is 0.0236 e. The number of benzene rings is 1. The van der Waals surface area contributed by atoms with E-state index in [9.17, 15) is 0 Å². The van der Waals surface area contributed by atoms with Gasteiger partial charge in [0.2, 0.25) is 0 Å². The van der Waals surface area contributed by atoms with Gasteiger partial charge in [-0.3, -0.25) is 4.90 Å². The Balaban J connectivity index is 1.86. The highest BCUT2D eigenvalue weighted by molar-refractivity contribution is 7.99. The van der Waals surface area contributed by atoms with Crippen LogP contribution in [0, 0.1) is 5.92 Å². The Morgan fingerprint density at radius 2 is 1.95 bits per heavy atom. The molecule has 1 heterocycles. The van der Waals surface area contributed by atoms with Crippen LogP contribution in [0.1, 0.15) is 31.4 Å². The fourth-order valence-corrected chi connectivity index (χ4v) is 4.01. The van der Waals surface area contributed by atoms with Crippen molar-refractivity contribution in [2.75, 3.05) is 31.1 Å². The highest BCUT2D eigenvalue weighted by Crippen LogP contribution is 2.22. The van der Waals surface area contributed by atoms with Crippen molar-refractivity contribution in [1.29, 1.82) is 0 Å². The molecule has 1 N–H and O–H groups in total. The monoisotopic (exact) mass is 292 g/mol. The molecule has 0 spiro atoms. The molecule has 0 aromatic heterocycles. The third-order valence-corrected chi connectivity index (χ3v) is 5.41. The van der Waals surface area contributed by atoms with Crippen LogP contribution >= 0.6 is 11.8 Å². The molecule has 3 heteroatoms. The Hall–Kier alpha value is -0.510. The normalized spacial score (nSPS) is 18.9. The number of rotatable bonds is 8. The van der Waals surface area contributed by atoms with E-state index in [1.807, 2.05) is 0 Å². The molecule has 1 aliphatic heterocycles. The summed E-state index contributed by atoms with van der Waals surface area (Å²) < 4.78 is 0. The fourth-order valence-electron chi connectivity index (χ4n) is 2.73. The van der Waals surface area contributed by atoms with Gasteiger partial charge in [0, 0.05) is 13.1 Å². The van der Waals surface area contributed by atoms with E-state index in [-0.39, 0.29) is 0 Å². The zero-order valence-electron chi connectivity index (χ0n) is 12.9. The van der Waals surface area contributed by atoms with E-state index < -0.39 is 0 Å². The van der Waals surface area contributed by atoms with Crippen molar-refractivity contribution in [2.45, 2.75) is 33.4 Å². The van der Waals surface area contributed by atoms with E-state index in [0.717, 1.165) is 32.1 Å². The third kappa shape index (κ3) is 4.80. The fraction of sp³-hybridized carbons (Fsp3) is 0.647. The predicted octanol–water partition coefficient (Wildman–Crippen LogP) is 3.37. The highest BCUT2D eigenvalue weighted by Gasteiger charge is 2.14. The maximum atomic E-state index is 3.66. The number of hydrogen-bond acceptors (Lipinski definition) is 3. The van der Waals surface area contributed by atoms with Gasteiger partial charge < -0.3 is 5.32 Å². The number of hydrogen-bond donors (Lipinski definition) is 1. The second kappa shape index (κ2) is 8.71. The number of nitrogens with one attached hydrogen (secondary N) is 1. The lowest BCUT2D eigenvalue weighted by Crippen LogP contribution is -2.25. The lowest BCUT2D eigenvalue weighted by Gasteiger charge is -2.20. The second-order valence-corrected chi connectivity index (χ2v) is 6.74. The SMILES string of the molecule is CCN(CC)Cc1ccccc1CNCC1CCSC1. The largest absolute Gasteiger partial charge is 0.312 e. The van der Waals surface area contributed by atoms with Crippen LogP contribution in [-0.2, 0) is 13.1 Å². The molecule has 1 aromatic rings. The van der Waals surface area contributed by atoms with Crippen LogP contribution in [0.5, 0.6) is 0 Å². The minimum Gasteiger partial charge on any atom is -0.312 e. The lowest BCUT2D eigenvalue weighted by atomic mass is 10.1. The molecule has 0 bridgehead atoms. The van der Waals surface area contributed by atoms with Gasteiger partial charge >= 0.3 is 0 Å². The van der Waals surface area contributed by atoms with Crippen molar-refractivity contribution < 1.29 is 0 Å². The summed E-state index contributed by atoms with van der Waals surface area (Å²) in [5, 5.41) is 3.66. The highest BCUT2D eigenvalue weighted by atomic mass is 32.2. The van der Waals surface area contributed by atoms with Crippen molar-refractivity contribution in [3.8, 4) is 0 Å². The molecule has 0 aliphatic carbocycles. The molecule has 1 aliphatic rings. The van der Waals surface area contributed by atoms with Crippen LogP contribution in [-0.4, -0.2) is 36.0 Å². The van der Waals surface area contributed by atoms with Gasteiger partial charge in [0.25, 0.3) is 0 Å². The zero-order valence-corrected chi connectivity index (χ0v) is 13.7. The summed E-state index contributed by atoms with van der Waals surface area (Å²) in [6, 6.07) is 8.88. The Morgan fingerprint density at radius 3 is 2.60 bits per heavy atom. The van der Waals surface area contributed by atoms with Gasteiger partial charge in [0.15, 0.2) is 0 Å². The van der Waals surface area contributed by atoms with E-state index in [1.54, 1.807) is 0 Å². The minimum atomic E-state index is 0.884. The molecule has 0 amide bonds. The van der Waals surface area contributed by atoms with Crippen LogP contribution in [0.25, 0.3) is 0 Å². The Morgan fingerprint density at radius 1 is 1.20 bits per heavy atom. The predicted molar refractivity (Wildman–Crippen MR) is 90.2 cm³/mol. The Labute approximate surface area is 128 Å². The summed E-state index contributed by atoms with van der Waals surface area (Å²) in [5.41, 5.74) is 2.94. The summed E-state index contributed by atoms with van der Waals surface area (Å²) in [4.78, 5) is 2.48. The summed E-state index contributed by atoms with van der Waals surface area (Å²) in [7, 11) is 0. The first-order valence-electron chi connectivity index (χ1n) is 7.91. The van der Waals surface area contributed by atoms with Gasteiger partial charge in [-0.15, -0.1) is 0 Å². The van der Waals surface area contributed by atoms with Crippen LogP contribution in [0.4, 0.5) is 0 Å². The zero-order chi connectivity index (χ0) is 14.2. The average molecular weight is 292 g/mol. The van der Waals surface area contributed by atoms with Crippen LogP contribution in [0.15, 0.2) is 24.3 Å². The Kier molecular flexibility index (Phi) is 6.91. The summed E-state index contributed by atoms with van der Waals surface area (Å²) in [6.07, 6.45) is 1.39. The maximum absolute atomic E-state index is 3.66. The maximum Gasteiger partial charge on any atom is 0.0236 e. The quantitative estimate of drug-likeness (QED) is 0.791. The van der Waals surface area contributed by atoms with Gasteiger partial charge in [-0.25, -0.2) is 0 Å². The molecule has 1 atom stereocenters. The molecule has 112 valence electrons. The van der Waals surface area contributed by atoms with Crippen LogP contribution in [0.2, 0.25) is 0 Å². The van der Waals surface area contributed by atoms with E-state index in [2.05, 4.69) is 60.1 Å². The average Bonchev–Trinajstić information content (AvgIpc) is 2.99. The molecular weight excluding hydrogens is 264 g/mol. The van der Waals surface area contributed by atoms with Crippen molar-refractivity contribution in [3.63, 3.8) is 0 Å². The molecule has 2 nitrogen and oxygen atoms in total. The first kappa shape index (κ1) is 15.9. The van der Waals surface area contributed by atoms with Gasteiger partial charge in [0.05, 0.1) is 0 Å². The van der Waals surface area contributed by atoms with E-state index >= 15 is 0 Å². The minimum absolute atomic E-state index is 0.884. The van der Waals surface area contributed by atoms with Crippen molar-refractivity contribution in [3.05, 3.63) is 35.4 Å². The van der Waals surface area contributed by atoms with Crippen molar-refractivity contribution in [1.82, 2.24) is 10.2 Å². The molecule has 1 unspecified atom stereocenters. The van der Waals surface area contributed by atoms with E-state index in [1.165, 1.54) is 35.6 Å². The first-order valence-corrected chi connectivity index (χ1v) is 9.06. The van der Waals surface area contributed by atoms with Gasteiger partial charge in [0.1, 0.15) is 0 Å². The summed E-state index contributed by atoms with van der Waals surface area (Å²) in [6.45, 7) is 9.98. The van der Waals surface area contributed by atoms with Gasteiger partial charge in [-0.1, -0.05) is 38.1 Å². The molecule has 0 saturated carbocycles. The molecule has 0 radical (unpaired) electrons. The molecule has 1 aromatic carbocycles. The molecule has 20 heavy (non-hydrogen) atoms. The van der Waals surface area contributed by atoms with Crippen LogP contribution in [0.3, 0.4) is 0 Å². The molecule has 1 saturated heterocycles. The van der Waals surface area contributed by atoms with Gasteiger partial charge in [-0.2, -0.15) is 11.8 Å². The molecule has 2 rings (SSSR count). The standard InChI is InChI=1S/C17H28N2S/c1-3-19(4-2)13-17-8-6-5-7-16(17)12-18-11-15-9-10-20-14-15/h5-8,15,18H,3-4,9-14H2,1-2H3. The van der Waals surface area contributed by atoms with Crippen molar-refractivity contribution in [2.24, 2.45) is 5.92 Å². The topological polar surface area (TPSA) is 15.3 Å². The molecular formula is C17H28N2S. The summed E-state index contributed by atoms with van der Waals surface area (Å²) >= 11 is 2.10. The van der Waals surface area contributed by atoms with E-state index in [4.69, 9.17) is 0 Å². The number of nitrogens with zero attached hydrogens (tertiary/aromatic N) is 1. The summed E-state index contributed by atoms with van der Waals surface area (Å²) in [5.74, 6) is 3.58. The number of thioether (sulfide) groups is 1. The third-order valence-electron chi connectivity index (χ3n) is 4.18. The van der Waals surface area contributed by atoms with Crippen LogP contribution < -0.4 is 5.32 Å². The molecule has 1 fully saturated rings. The van der Waals surface area contributed by atoms with E-state index in [0.29, 0.717) is 0 Å². The lowest BCUT2D eigenvalue weighted by molar-refractivity contribution is 0.294.